The van der Waals surface area contributed by atoms with Gasteiger partial charge in [0, 0.05) is 10.6 Å². The van der Waals surface area contributed by atoms with Crippen LogP contribution in [0.5, 0.6) is 0 Å². The van der Waals surface area contributed by atoms with E-state index in [4.69, 9.17) is 21.8 Å². The molecule has 120 valence electrons. The van der Waals surface area contributed by atoms with E-state index in [1.807, 2.05) is 13.8 Å². The first-order valence-electron chi connectivity index (χ1n) is 6.47. The summed E-state index contributed by atoms with van der Waals surface area (Å²) in [6.45, 7) is 3.67. The van der Waals surface area contributed by atoms with Gasteiger partial charge in [-0.3, -0.25) is 0 Å². The highest BCUT2D eigenvalue weighted by molar-refractivity contribution is 7.90. The Balaban J connectivity index is 2.32. The van der Waals surface area contributed by atoms with Crippen LogP contribution in [0, 0.1) is 11.7 Å². The van der Waals surface area contributed by atoms with Crippen molar-refractivity contribution in [1.29, 1.82) is 0 Å². The number of halogens is 2. The van der Waals surface area contributed by atoms with Gasteiger partial charge < -0.3 is 10.2 Å². The van der Waals surface area contributed by atoms with Crippen molar-refractivity contribution in [3.05, 3.63) is 40.5 Å². The summed E-state index contributed by atoms with van der Waals surface area (Å²) >= 11 is 5.83. The molecule has 0 bridgehead atoms. The zero-order chi connectivity index (χ0) is 16.5. The average Bonchev–Trinajstić information content (AvgIpc) is 2.92. The van der Waals surface area contributed by atoms with Gasteiger partial charge in [0.05, 0.1) is 11.8 Å². The summed E-state index contributed by atoms with van der Waals surface area (Å²) in [6, 6.07) is 3.35. The van der Waals surface area contributed by atoms with Crippen molar-refractivity contribution >= 4 is 21.4 Å². The van der Waals surface area contributed by atoms with E-state index in [1.165, 1.54) is 12.1 Å². The molecule has 1 atom stereocenters. The third-order valence-electron chi connectivity index (χ3n) is 3.09. The molecule has 0 saturated carbocycles. The predicted molar refractivity (Wildman–Crippen MR) is 78.4 cm³/mol. The third kappa shape index (κ3) is 3.45. The van der Waals surface area contributed by atoms with Gasteiger partial charge in [-0.25, -0.2) is 12.8 Å². The first-order chi connectivity index (χ1) is 10.2. The maximum atomic E-state index is 13.7. The molecule has 1 heterocycles. The number of hydrogen-bond acceptors (Lipinski definition) is 6. The second kappa shape index (κ2) is 6.31. The number of aromatic nitrogens is 2. The maximum absolute atomic E-state index is 13.7. The molecule has 0 fully saturated rings. The van der Waals surface area contributed by atoms with E-state index < -0.39 is 32.7 Å². The van der Waals surface area contributed by atoms with Crippen molar-refractivity contribution in [2.45, 2.75) is 30.9 Å². The molecule has 1 aromatic heterocycles. The fraction of sp³-hybridized carbons (Fsp3) is 0.385. The fourth-order valence-electron chi connectivity index (χ4n) is 1.69. The van der Waals surface area contributed by atoms with E-state index in [0.29, 0.717) is 0 Å². The summed E-state index contributed by atoms with van der Waals surface area (Å²) < 4.78 is 43.3. The van der Waals surface area contributed by atoms with Gasteiger partial charge in [0.15, 0.2) is 0 Å². The zero-order valence-electron chi connectivity index (χ0n) is 12.0. The Morgan fingerprint density at radius 2 is 2.05 bits per heavy atom. The topological polar surface area (TPSA) is 99.1 Å². The van der Waals surface area contributed by atoms with E-state index in [-0.39, 0.29) is 22.4 Å². The molecule has 1 unspecified atom stereocenters. The van der Waals surface area contributed by atoms with Crippen LogP contribution in [0.2, 0.25) is 5.02 Å². The van der Waals surface area contributed by atoms with Gasteiger partial charge in [0.25, 0.3) is 0 Å². The highest BCUT2D eigenvalue weighted by Crippen LogP contribution is 2.25. The Hall–Kier alpha value is -1.51. The van der Waals surface area contributed by atoms with E-state index in [0.717, 1.165) is 6.07 Å². The lowest BCUT2D eigenvalue weighted by molar-refractivity contribution is 0.341. The van der Waals surface area contributed by atoms with Crippen LogP contribution in [0.3, 0.4) is 0 Å². The minimum absolute atomic E-state index is 0.00276. The summed E-state index contributed by atoms with van der Waals surface area (Å²) in [5.74, 6) is -1.36. The standard InChI is InChI=1S/C13H15ClFN3O3S/c1-7(2)11(16)12-17-18-13(21-12)22(19,20)6-8-9(14)4-3-5-10(8)15/h3-5,7,11H,6,16H2,1-2H3. The summed E-state index contributed by atoms with van der Waals surface area (Å²) in [6.07, 6.45) is 0. The molecule has 0 aliphatic rings. The van der Waals surface area contributed by atoms with Crippen molar-refractivity contribution in [3.8, 4) is 0 Å². The fourth-order valence-corrected chi connectivity index (χ4v) is 3.17. The second-order valence-electron chi connectivity index (χ2n) is 5.14. The number of benzene rings is 1. The van der Waals surface area contributed by atoms with Crippen molar-refractivity contribution in [3.63, 3.8) is 0 Å². The number of hydrogen-bond donors (Lipinski definition) is 1. The molecule has 2 N–H and O–H groups in total. The average molecular weight is 348 g/mol. The molecule has 0 amide bonds. The van der Waals surface area contributed by atoms with Crippen LogP contribution >= 0.6 is 11.6 Å². The van der Waals surface area contributed by atoms with E-state index in [1.54, 1.807) is 0 Å². The number of nitrogens with two attached hydrogens (primary N) is 1. The minimum atomic E-state index is -4.02. The molecule has 0 radical (unpaired) electrons. The lowest BCUT2D eigenvalue weighted by Crippen LogP contribution is -2.17. The Morgan fingerprint density at radius 1 is 1.36 bits per heavy atom. The van der Waals surface area contributed by atoms with Crippen LogP contribution < -0.4 is 5.73 Å². The van der Waals surface area contributed by atoms with Crippen molar-refractivity contribution in [2.24, 2.45) is 11.7 Å². The maximum Gasteiger partial charge on any atom is 0.335 e. The summed E-state index contributed by atoms with van der Waals surface area (Å²) in [4.78, 5) is 0. The Labute approximate surface area is 132 Å². The molecule has 0 aliphatic heterocycles. The van der Waals surface area contributed by atoms with Crippen molar-refractivity contribution in [1.82, 2.24) is 10.2 Å². The summed E-state index contributed by atoms with van der Waals surface area (Å²) in [5, 5.41) is 6.56. The van der Waals surface area contributed by atoms with Crippen LogP contribution in [-0.2, 0) is 15.6 Å². The molecule has 1 aromatic carbocycles. The first kappa shape index (κ1) is 16.9. The van der Waals surface area contributed by atoms with Gasteiger partial charge in [-0.1, -0.05) is 36.6 Å². The third-order valence-corrected chi connectivity index (χ3v) is 4.81. The number of nitrogens with zero attached hydrogens (tertiary/aromatic N) is 2. The SMILES string of the molecule is CC(C)C(N)c1nnc(S(=O)(=O)Cc2c(F)cccc2Cl)o1. The predicted octanol–water partition coefficient (Wildman–Crippen LogP) is 2.49. The molecular weight excluding hydrogens is 333 g/mol. The van der Waals surface area contributed by atoms with E-state index >= 15 is 0 Å². The Bertz CT molecular complexity index is 756. The van der Waals surface area contributed by atoms with Crippen LogP contribution in [0.25, 0.3) is 0 Å². The van der Waals surface area contributed by atoms with Crippen LogP contribution in [-0.4, -0.2) is 18.6 Å². The highest BCUT2D eigenvalue weighted by Gasteiger charge is 2.27. The van der Waals surface area contributed by atoms with Crippen molar-refractivity contribution < 1.29 is 17.2 Å². The van der Waals surface area contributed by atoms with Gasteiger partial charge in [-0.15, -0.1) is 5.10 Å². The molecule has 2 rings (SSSR count). The molecule has 2 aromatic rings. The molecule has 0 aliphatic carbocycles. The van der Waals surface area contributed by atoms with E-state index in [2.05, 4.69) is 10.2 Å². The first-order valence-corrected chi connectivity index (χ1v) is 8.50. The smallest absolute Gasteiger partial charge is 0.335 e. The van der Waals surface area contributed by atoms with Gasteiger partial charge in [0.2, 0.25) is 15.7 Å². The van der Waals surface area contributed by atoms with Gasteiger partial charge >= 0.3 is 5.22 Å². The van der Waals surface area contributed by atoms with Gasteiger partial charge in [0.1, 0.15) is 5.82 Å². The van der Waals surface area contributed by atoms with E-state index in [9.17, 15) is 12.8 Å². The molecular formula is C13H15ClFN3O3S. The van der Waals surface area contributed by atoms with Gasteiger partial charge in [-0.05, 0) is 18.1 Å². The number of rotatable bonds is 5. The molecule has 22 heavy (non-hydrogen) atoms. The van der Waals surface area contributed by atoms with Crippen LogP contribution in [0.1, 0.15) is 31.3 Å². The molecule has 9 heteroatoms. The molecule has 0 spiro atoms. The van der Waals surface area contributed by atoms with Crippen molar-refractivity contribution in [2.75, 3.05) is 0 Å². The minimum Gasteiger partial charge on any atom is -0.411 e. The Kier molecular flexibility index (Phi) is 4.84. The molecule has 0 saturated heterocycles. The highest BCUT2D eigenvalue weighted by atomic mass is 35.5. The summed E-state index contributed by atoms with van der Waals surface area (Å²) in [5.41, 5.74) is 5.68. The number of sulfone groups is 1. The lowest BCUT2D eigenvalue weighted by atomic mass is 10.1. The summed E-state index contributed by atoms with van der Waals surface area (Å²) in [7, 11) is -4.02. The van der Waals surface area contributed by atoms with Crippen LogP contribution in [0.15, 0.2) is 27.8 Å². The lowest BCUT2D eigenvalue weighted by Gasteiger charge is -2.09. The molecule has 6 nitrogen and oxygen atoms in total. The normalized spacial score (nSPS) is 13.5. The van der Waals surface area contributed by atoms with Crippen LogP contribution in [0.4, 0.5) is 4.39 Å². The Morgan fingerprint density at radius 3 is 2.64 bits per heavy atom. The second-order valence-corrected chi connectivity index (χ2v) is 7.41. The largest absolute Gasteiger partial charge is 0.411 e. The monoisotopic (exact) mass is 347 g/mol. The van der Waals surface area contributed by atoms with Gasteiger partial charge in [-0.2, -0.15) is 0 Å². The quantitative estimate of drug-likeness (QED) is 0.892. The zero-order valence-corrected chi connectivity index (χ0v) is 13.5.